The Morgan fingerprint density at radius 2 is 2.05 bits per heavy atom. The van der Waals surface area contributed by atoms with Gasteiger partial charge in [0.2, 0.25) is 0 Å². The van der Waals surface area contributed by atoms with E-state index in [2.05, 4.69) is 15.3 Å². The summed E-state index contributed by atoms with van der Waals surface area (Å²) >= 11 is 5.91. The van der Waals surface area contributed by atoms with Crippen molar-refractivity contribution >= 4 is 28.8 Å². The molecule has 7 heteroatoms. The van der Waals surface area contributed by atoms with Crippen LogP contribution in [0.3, 0.4) is 0 Å². The molecule has 3 rings (SSSR count). The van der Waals surface area contributed by atoms with Crippen LogP contribution in [0.25, 0.3) is 0 Å². The minimum atomic E-state index is -0.247. The van der Waals surface area contributed by atoms with Crippen molar-refractivity contribution in [2.45, 2.75) is 6.42 Å². The molecule has 2 heterocycles. The second-order valence-corrected chi connectivity index (χ2v) is 5.34. The highest BCUT2D eigenvalue weighted by Gasteiger charge is 2.19. The van der Waals surface area contributed by atoms with Gasteiger partial charge in [-0.15, -0.1) is 0 Å². The average molecular weight is 319 g/mol. The second kappa shape index (κ2) is 5.81. The van der Waals surface area contributed by atoms with Crippen molar-refractivity contribution in [1.82, 2.24) is 9.55 Å². The van der Waals surface area contributed by atoms with E-state index >= 15 is 0 Å². The van der Waals surface area contributed by atoms with Crippen LogP contribution in [0.1, 0.15) is 12.0 Å². The van der Waals surface area contributed by atoms with Crippen LogP contribution in [0.4, 0.5) is 11.5 Å². The minimum Gasteiger partial charge on any atom is -0.468 e. The number of hydrogen-bond acceptors (Lipinski definition) is 5. The van der Waals surface area contributed by atoms with Gasteiger partial charge in [-0.1, -0.05) is 23.7 Å². The normalized spacial score (nSPS) is 13.7. The smallest absolute Gasteiger partial charge is 0.300 e. The summed E-state index contributed by atoms with van der Waals surface area (Å²) in [7, 11) is 3.09. The summed E-state index contributed by atoms with van der Waals surface area (Å²) in [6.45, 7) is 0.637. The number of fused-ring (bicyclic) bond motifs is 1. The van der Waals surface area contributed by atoms with E-state index in [9.17, 15) is 4.79 Å². The Bertz CT molecular complexity index is 796. The molecule has 0 saturated heterocycles. The molecule has 1 N–H and O–H groups in total. The number of nitrogens with one attached hydrogen (secondary N) is 1. The highest BCUT2D eigenvalue weighted by Crippen LogP contribution is 2.25. The molecule has 0 fully saturated rings. The number of methoxy groups -OCH3 is 1. The maximum atomic E-state index is 12.5. The Morgan fingerprint density at radius 3 is 2.73 bits per heavy atom. The number of nitrogens with zero attached hydrogens (tertiary/aromatic N) is 3. The predicted octanol–water partition coefficient (Wildman–Crippen LogP) is 2.38. The lowest BCUT2D eigenvalue weighted by atomic mass is 10.1. The molecule has 0 atom stereocenters. The highest BCUT2D eigenvalue weighted by atomic mass is 35.5. The topological polar surface area (TPSA) is 68.5 Å². The van der Waals surface area contributed by atoms with Crippen LogP contribution in [0.15, 0.2) is 34.1 Å². The lowest BCUT2D eigenvalue weighted by molar-refractivity contribution is 0.358. The Balaban J connectivity index is 2.14. The molecule has 0 bridgehead atoms. The molecule has 0 unspecified atom stereocenters. The SMILES string of the molecule is COc1nc2c(c(=O)n1C)N=C(c1ccc(Cl)cc1)CCN2. The molecule has 114 valence electrons. The molecule has 1 aliphatic heterocycles. The van der Waals surface area contributed by atoms with Gasteiger partial charge in [-0.2, -0.15) is 4.98 Å². The molecular formula is C15H15ClN4O2. The number of anilines is 1. The maximum absolute atomic E-state index is 12.5. The van der Waals surface area contributed by atoms with E-state index in [-0.39, 0.29) is 11.6 Å². The molecule has 1 aromatic heterocycles. The van der Waals surface area contributed by atoms with Gasteiger partial charge < -0.3 is 10.1 Å². The lowest BCUT2D eigenvalue weighted by Gasteiger charge is -2.09. The maximum Gasteiger partial charge on any atom is 0.300 e. The predicted molar refractivity (Wildman–Crippen MR) is 86.8 cm³/mol. The van der Waals surface area contributed by atoms with Gasteiger partial charge in [0, 0.05) is 25.0 Å². The van der Waals surface area contributed by atoms with Gasteiger partial charge in [0.1, 0.15) is 0 Å². The van der Waals surface area contributed by atoms with Crippen LogP contribution in [0, 0.1) is 0 Å². The zero-order chi connectivity index (χ0) is 15.7. The van der Waals surface area contributed by atoms with E-state index in [4.69, 9.17) is 16.3 Å². The molecule has 0 spiro atoms. The fourth-order valence-electron chi connectivity index (χ4n) is 2.32. The average Bonchev–Trinajstić information content (AvgIpc) is 2.74. The van der Waals surface area contributed by atoms with Gasteiger partial charge in [-0.25, -0.2) is 4.99 Å². The Hall–Kier alpha value is -2.34. The first-order valence-corrected chi connectivity index (χ1v) is 7.20. The summed E-state index contributed by atoms with van der Waals surface area (Å²) in [5.74, 6) is 0.448. The number of aliphatic imine (C=N–C) groups is 1. The molecule has 22 heavy (non-hydrogen) atoms. The van der Waals surface area contributed by atoms with Crippen LogP contribution in [-0.2, 0) is 7.05 Å². The van der Waals surface area contributed by atoms with Crippen molar-refractivity contribution < 1.29 is 4.74 Å². The summed E-state index contributed by atoms with van der Waals surface area (Å²) in [4.78, 5) is 21.3. The molecule has 1 aliphatic rings. The molecule has 2 aromatic rings. The number of ether oxygens (including phenoxy) is 1. The van der Waals surface area contributed by atoms with E-state index < -0.39 is 0 Å². The zero-order valence-electron chi connectivity index (χ0n) is 12.3. The third-order valence-corrected chi connectivity index (χ3v) is 3.74. The van der Waals surface area contributed by atoms with E-state index in [0.717, 1.165) is 11.3 Å². The van der Waals surface area contributed by atoms with Gasteiger partial charge >= 0.3 is 6.01 Å². The van der Waals surface area contributed by atoms with Gasteiger partial charge in [-0.05, 0) is 17.7 Å². The molecule has 1 aromatic carbocycles. The van der Waals surface area contributed by atoms with Crippen LogP contribution in [-0.4, -0.2) is 28.9 Å². The monoisotopic (exact) mass is 318 g/mol. The van der Waals surface area contributed by atoms with Crippen LogP contribution in [0.5, 0.6) is 6.01 Å². The Labute approximate surface area is 132 Å². The van der Waals surface area contributed by atoms with Gasteiger partial charge in [-0.3, -0.25) is 9.36 Å². The van der Waals surface area contributed by atoms with E-state index in [0.29, 0.717) is 29.5 Å². The Morgan fingerprint density at radius 1 is 1.32 bits per heavy atom. The van der Waals surface area contributed by atoms with Crippen LogP contribution < -0.4 is 15.6 Å². The molecule has 0 saturated carbocycles. The quantitative estimate of drug-likeness (QED) is 0.923. The third kappa shape index (κ3) is 2.57. The van der Waals surface area contributed by atoms with Gasteiger partial charge in [0.15, 0.2) is 11.5 Å². The largest absolute Gasteiger partial charge is 0.468 e. The number of hydrogen-bond donors (Lipinski definition) is 1. The Kier molecular flexibility index (Phi) is 3.85. The summed E-state index contributed by atoms with van der Waals surface area (Å²) in [6, 6.07) is 7.66. The van der Waals surface area contributed by atoms with Gasteiger partial charge in [0.05, 0.1) is 12.8 Å². The lowest BCUT2D eigenvalue weighted by Crippen LogP contribution is -2.21. The van der Waals surface area contributed by atoms with Crippen LogP contribution >= 0.6 is 11.6 Å². The number of aromatic nitrogens is 2. The first-order valence-electron chi connectivity index (χ1n) is 6.82. The molecule has 6 nitrogen and oxygen atoms in total. The van der Waals surface area contributed by atoms with Crippen molar-refractivity contribution in [3.05, 3.63) is 45.2 Å². The summed E-state index contributed by atoms with van der Waals surface area (Å²) in [6.07, 6.45) is 0.684. The fourth-order valence-corrected chi connectivity index (χ4v) is 2.44. The third-order valence-electron chi connectivity index (χ3n) is 3.49. The summed E-state index contributed by atoms with van der Waals surface area (Å²) in [5.41, 5.74) is 1.82. The minimum absolute atomic E-state index is 0.247. The van der Waals surface area contributed by atoms with Crippen molar-refractivity contribution in [3.63, 3.8) is 0 Å². The van der Waals surface area contributed by atoms with Crippen molar-refractivity contribution in [1.29, 1.82) is 0 Å². The van der Waals surface area contributed by atoms with E-state index in [1.165, 1.54) is 11.7 Å². The molecule has 0 amide bonds. The molecule has 0 aliphatic carbocycles. The first-order chi connectivity index (χ1) is 10.6. The fraction of sp³-hybridized carbons (Fsp3) is 0.267. The second-order valence-electron chi connectivity index (χ2n) is 4.90. The number of benzene rings is 1. The van der Waals surface area contributed by atoms with Crippen LogP contribution in [0.2, 0.25) is 5.02 Å². The van der Waals surface area contributed by atoms with E-state index in [1.807, 2.05) is 24.3 Å². The van der Waals surface area contributed by atoms with E-state index in [1.54, 1.807) is 7.05 Å². The molecule has 0 radical (unpaired) electrons. The number of rotatable bonds is 2. The first kappa shape index (κ1) is 14.6. The highest BCUT2D eigenvalue weighted by molar-refractivity contribution is 6.30. The van der Waals surface area contributed by atoms with Crippen molar-refractivity contribution in [2.24, 2.45) is 12.0 Å². The van der Waals surface area contributed by atoms with Crippen molar-refractivity contribution in [2.75, 3.05) is 19.0 Å². The summed E-state index contributed by atoms with van der Waals surface area (Å²) in [5, 5.41) is 3.80. The molecular weight excluding hydrogens is 304 g/mol. The zero-order valence-corrected chi connectivity index (χ0v) is 13.0. The number of halogens is 1. The summed E-state index contributed by atoms with van der Waals surface area (Å²) < 4.78 is 6.45. The standard InChI is InChI=1S/C15H15ClN4O2/c1-20-14(21)12-13(19-15(20)22-2)17-8-7-11(18-12)9-3-5-10(16)6-4-9/h3-6,17H,7-8H2,1-2H3. The van der Waals surface area contributed by atoms with Gasteiger partial charge in [0.25, 0.3) is 5.56 Å². The van der Waals surface area contributed by atoms with Crippen molar-refractivity contribution in [3.8, 4) is 6.01 Å².